The number of carbonyl (C=O) groups excluding carboxylic acids is 4. The first-order valence-corrected chi connectivity index (χ1v) is 15.0. The van der Waals surface area contributed by atoms with E-state index in [1.165, 1.54) is 6.92 Å². The number of piperidine rings is 1. The van der Waals surface area contributed by atoms with E-state index in [0.29, 0.717) is 31.8 Å². The first kappa shape index (κ1) is 33.8. The summed E-state index contributed by atoms with van der Waals surface area (Å²) in [5.41, 5.74) is 4.91. The van der Waals surface area contributed by atoms with Gasteiger partial charge in [0.15, 0.2) is 0 Å². The first-order valence-electron chi connectivity index (χ1n) is 13.4. The molecule has 38 heavy (non-hydrogen) atoms. The Morgan fingerprint density at radius 3 is 2.24 bits per heavy atom. The van der Waals surface area contributed by atoms with E-state index in [1.807, 2.05) is 20.8 Å². The molecule has 0 aromatic heterocycles. The van der Waals surface area contributed by atoms with Crippen LogP contribution in [-0.4, -0.2) is 79.1 Å². The van der Waals surface area contributed by atoms with E-state index in [1.54, 1.807) is 16.7 Å². The fourth-order valence-electron chi connectivity index (χ4n) is 3.91. The topological polar surface area (TPSA) is 165 Å². The minimum absolute atomic E-state index is 0.137. The van der Waals surface area contributed by atoms with Crippen molar-refractivity contribution in [3.63, 3.8) is 0 Å². The van der Waals surface area contributed by atoms with Crippen molar-refractivity contribution in [1.82, 2.24) is 14.7 Å². The highest BCUT2D eigenvalue weighted by Crippen LogP contribution is 2.24. The summed E-state index contributed by atoms with van der Waals surface area (Å²) in [7, 11) is -3.80. The molecule has 1 heterocycles. The quantitative estimate of drug-likeness (QED) is 0.239. The van der Waals surface area contributed by atoms with Gasteiger partial charge >= 0.3 is 12.1 Å². The fourth-order valence-corrected chi connectivity index (χ4v) is 4.72. The average molecular weight is 563 g/mol. The summed E-state index contributed by atoms with van der Waals surface area (Å²) in [6, 6.07) is 0. The van der Waals surface area contributed by atoms with Crippen molar-refractivity contribution in [1.29, 1.82) is 0 Å². The van der Waals surface area contributed by atoms with Crippen LogP contribution in [0.4, 0.5) is 4.79 Å². The maximum Gasteiger partial charge on any atom is 0.410 e. The van der Waals surface area contributed by atoms with E-state index in [0.717, 1.165) is 37.0 Å². The van der Waals surface area contributed by atoms with Gasteiger partial charge in [0.05, 0.1) is 18.2 Å². The minimum Gasteiger partial charge on any atom is -0.444 e. The molecule has 1 fully saturated rings. The molecule has 1 saturated heterocycles. The smallest absolute Gasteiger partial charge is 0.410 e. The molecule has 1 atom stereocenters. The predicted molar refractivity (Wildman–Crippen MR) is 142 cm³/mol. The van der Waals surface area contributed by atoms with Gasteiger partial charge in [-0.2, -0.15) is 0 Å². The molecule has 0 spiro atoms. The number of likely N-dealkylation sites (tertiary alicyclic amines) is 1. The number of imide groups is 1. The van der Waals surface area contributed by atoms with Crippen molar-refractivity contribution in [2.24, 2.45) is 11.7 Å². The molecular formula is C25H46N4O8S. The van der Waals surface area contributed by atoms with E-state index in [4.69, 9.17) is 10.5 Å². The van der Waals surface area contributed by atoms with Crippen LogP contribution in [0.2, 0.25) is 0 Å². The van der Waals surface area contributed by atoms with Gasteiger partial charge in [-0.1, -0.05) is 26.2 Å². The summed E-state index contributed by atoms with van der Waals surface area (Å²) >= 11 is 0. The Kier molecular flexibility index (Phi) is 14.2. The Bertz CT molecular complexity index is 896. The lowest BCUT2D eigenvalue weighted by Crippen LogP contribution is -2.42. The summed E-state index contributed by atoms with van der Waals surface area (Å²) in [6.07, 6.45) is 5.01. The predicted octanol–water partition coefficient (Wildman–Crippen LogP) is 2.46. The highest BCUT2D eigenvalue weighted by molar-refractivity contribution is 7.89. The lowest BCUT2D eigenvalue weighted by Gasteiger charge is -2.33. The minimum atomic E-state index is -3.80. The summed E-state index contributed by atoms with van der Waals surface area (Å²) in [5.74, 6) is -1.43. The molecule has 220 valence electrons. The molecule has 12 nitrogen and oxygen atoms in total. The van der Waals surface area contributed by atoms with Crippen molar-refractivity contribution < 1.29 is 37.2 Å². The van der Waals surface area contributed by atoms with Gasteiger partial charge in [0.1, 0.15) is 5.60 Å². The highest BCUT2D eigenvalue weighted by Gasteiger charge is 2.27. The third-order valence-electron chi connectivity index (χ3n) is 6.46. The number of nitrogens with one attached hydrogen (secondary N) is 1. The van der Waals surface area contributed by atoms with E-state index < -0.39 is 38.7 Å². The Morgan fingerprint density at radius 2 is 1.68 bits per heavy atom. The van der Waals surface area contributed by atoms with E-state index in [9.17, 15) is 27.6 Å². The number of amides is 3. The lowest BCUT2D eigenvalue weighted by molar-refractivity contribution is -0.149. The van der Waals surface area contributed by atoms with Crippen LogP contribution >= 0.6 is 0 Å². The molecule has 13 heteroatoms. The number of nitrogens with zero attached hydrogens (tertiary/aromatic N) is 2. The van der Waals surface area contributed by atoms with E-state index in [2.05, 4.69) is 4.84 Å². The Balaban J connectivity index is 2.35. The summed E-state index contributed by atoms with van der Waals surface area (Å²) in [6.45, 7) is 9.44. The first-order chi connectivity index (χ1) is 17.7. The zero-order chi connectivity index (χ0) is 28.9. The van der Waals surface area contributed by atoms with Crippen LogP contribution in [0.15, 0.2) is 0 Å². The number of ether oxygens (including phenoxy) is 1. The standard InChI is InChI=1S/C25H46N4O8S/c1-6-19(2)38(34,35)27-37-23(32)14-17-29(22(31)18-26)21(30)11-9-7-8-10-20-12-15-28(16-13-20)24(33)36-25(3,4)5/h19-20,27H,6-18,26H2,1-5H3/t19-/m0/s1. The van der Waals surface area contributed by atoms with Gasteiger partial charge in [-0.25, -0.2) is 13.2 Å². The van der Waals surface area contributed by atoms with Crippen LogP contribution < -0.4 is 10.6 Å². The van der Waals surface area contributed by atoms with Crippen molar-refractivity contribution in [2.45, 2.75) is 103 Å². The van der Waals surface area contributed by atoms with Crippen LogP contribution in [0.25, 0.3) is 0 Å². The molecule has 1 aliphatic heterocycles. The molecule has 0 bridgehead atoms. The second-order valence-electron chi connectivity index (χ2n) is 10.7. The number of hydrogen-bond donors (Lipinski definition) is 2. The van der Waals surface area contributed by atoms with Gasteiger partial charge in [0.25, 0.3) is 0 Å². The second-order valence-corrected chi connectivity index (χ2v) is 12.8. The molecule has 0 aromatic rings. The zero-order valence-corrected chi connectivity index (χ0v) is 24.3. The Morgan fingerprint density at radius 1 is 1.05 bits per heavy atom. The SMILES string of the molecule is CC[C@H](C)S(=O)(=O)NOC(=O)CCN(C(=O)CN)C(=O)CCCCCC1CCN(C(=O)OC(C)(C)C)CC1. The average Bonchev–Trinajstić information content (AvgIpc) is 2.85. The molecule has 1 rings (SSSR count). The van der Waals surface area contributed by atoms with Crippen molar-refractivity contribution in [2.75, 3.05) is 26.2 Å². The van der Waals surface area contributed by atoms with Crippen LogP contribution in [0, 0.1) is 5.92 Å². The van der Waals surface area contributed by atoms with Crippen LogP contribution in [-0.2, 0) is 34.0 Å². The third-order valence-corrected chi connectivity index (χ3v) is 8.17. The molecule has 0 saturated carbocycles. The maximum absolute atomic E-state index is 12.6. The molecule has 3 amide bonds. The molecule has 0 unspecified atom stereocenters. The van der Waals surface area contributed by atoms with E-state index >= 15 is 0 Å². The van der Waals surface area contributed by atoms with Crippen molar-refractivity contribution in [3.8, 4) is 0 Å². The summed E-state index contributed by atoms with van der Waals surface area (Å²) in [4.78, 5) is 57.9. The van der Waals surface area contributed by atoms with Gasteiger partial charge < -0.3 is 20.2 Å². The molecule has 0 radical (unpaired) electrons. The summed E-state index contributed by atoms with van der Waals surface area (Å²) in [5, 5.41) is -0.739. The van der Waals surface area contributed by atoms with Gasteiger partial charge in [-0.05, 0) is 64.2 Å². The fraction of sp³-hybridized carbons (Fsp3) is 0.840. The lowest BCUT2D eigenvalue weighted by atomic mass is 9.91. The normalized spacial score (nSPS) is 15.6. The molecule has 1 aliphatic rings. The largest absolute Gasteiger partial charge is 0.444 e. The van der Waals surface area contributed by atoms with Crippen LogP contribution in [0.3, 0.4) is 0 Å². The van der Waals surface area contributed by atoms with Crippen LogP contribution in [0.5, 0.6) is 0 Å². The number of sulfonamides is 1. The Labute approximate surface area is 226 Å². The van der Waals surface area contributed by atoms with Gasteiger partial charge in [0, 0.05) is 26.1 Å². The maximum atomic E-state index is 12.6. The van der Waals surface area contributed by atoms with Crippen LogP contribution in [0.1, 0.15) is 92.4 Å². The Hall–Kier alpha value is -2.25. The number of rotatable bonds is 14. The number of unbranched alkanes of at least 4 members (excludes halogenated alkanes) is 2. The second kappa shape index (κ2) is 16.0. The van der Waals surface area contributed by atoms with Crippen molar-refractivity contribution in [3.05, 3.63) is 0 Å². The number of hydrogen-bond acceptors (Lipinski definition) is 9. The van der Waals surface area contributed by atoms with Gasteiger partial charge in [0.2, 0.25) is 21.8 Å². The van der Waals surface area contributed by atoms with Gasteiger partial charge in [-0.15, -0.1) is 0 Å². The third kappa shape index (κ3) is 12.5. The highest BCUT2D eigenvalue weighted by atomic mass is 32.2. The van der Waals surface area contributed by atoms with Crippen molar-refractivity contribution >= 4 is 33.9 Å². The monoisotopic (exact) mass is 562 g/mol. The van der Waals surface area contributed by atoms with E-state index in [-0.39, 0.29) is 32.0 Å². The molecular weight excluding hydrogens is 516 g/mol. The molecule has 0 aliphatic carbocycles. The summed E-state index contributed by atoms with van der Waals surface area (Å²) < 4.78 is 29.2. The zero-order valence-electron chi connectivity index (χ0n) is 23.5. The molecule has 3 N–H and O–H groups in total. The van der Waals surface area contributed by atoms with Gasteiger partial charge in [-0.3, -0.25) is 19.3 Å². The molecule has 0 aromatic carbocycles. The number of carbonyl (C=O) groups is 4. The number of nitrogens with two attached hydrogens (primary N) is 1.